The van der Waals surface area contributed by atoms with Gasteiger partial charge in [-0.1, -0.05) is 23.2 Å². The van der Waals surface area contributed by atoms with Gasteiger partial charge >= 0.3 is 0 Å². The van der Waals surface area contributed by atoms with Crippen LogP contribution in [0.1, 0.15) is 0 Å². The first-order valence-electron chi connectivity index (χ1n) is 6.73. The molecule has 0 aromatic heterocycles. The minimum atomic E-state index is -3.85. The largest absolute Gasteiger partial charge is 0.486 e. The Kier molecular flexibility index (Phi) is 4.31. The lowest BCUT2D eigenvalue weighted by molar-refractivity contribution is 0.171. The highest BCUT2D eigenvalue weighted by atomic mass is 35.5. The quantitative estimate of drug-likeness (QED) is 0.824. The van der Waals surface area contributed by atoms with Crippen LogP contribution in [0.2, 0.25) is 10.0 Å². The first-order chi connectivity index (χ1) is 10.9. The predicted molar refractivity (Wildman–Crippen MR) is 89.5 cm³/mol. The number of nitrogens with zero attached hydrogens (tertiary/aromatic N) is 1. The molecule has 8 heteroatoms. The third-order valence-electron chi connectivity index (χ3n) is 3.42. The number of ether oxygens (including phenoxy) is 2. The molecule has 0 radical (unpaired) electrons. The van der Waals surface area contributed by atoms with Gasteiger partial charge in [-0.15, -0.1) is 0 Å². The van der Waals surface area contributed by atoms with Crippen LogP contribution in [0.3, 0.4) is 0 Å². The first kappa shape index (κ1) is 16.2. The minimum absolute atomic E-state index is 0.0518. The summed E-state index contributed by atoms with van der Waals surface area (Å²) in [5, 5.41) is 0.405. The SMILES string of the molecule is CN(c1ccc2c(c1)OCCO2)S(=O)(=O)c1cc(Cl)ccc1Cl. The molecule has 0 aliphatic carbocycles. The fraction of sp³-hybridized carbons (Fsp3) is 0.200. The monoisotopic (exact) mass is 373 g/mol. The summed E-state index contributed by atoms with van der Waals surface area (Å²) in [5.41, 5.74) is 0.435. The number of hydrogen-bond acceptors (Lipinski definition) is 4. The molecule has 0 fully saturated rings. The van der Waals surface area contributed by atoms with E-state index in [-0.39, 0.29) is 9.92 Å². The Balaban J connectivity index is 2.01. The van der Waals surface area contributed by atoms with E-state index < -0.39 is 10.0 Å². The maximum atomic E-state index is 12.8. The van der Waals surface area contributed by atoms with Crippen molar-refractivity contribution in [2.45, 2.75) is 4.90 Å². The molecule has 1 aliphatic rings. The lowest BCUT2D eigenvalue weighted by atomic mass is 10.2. The van der Waals surface area contributed by atoms with Crippen molar-refractivity contribution in [1.82, 2.24) is 0 Å². The zero-order chi connectivity index (χ0) is 16.6. The van der Waals surface area contributed by atoms with E-state index in [2.05, 4.69) is 0 Å². The summed E-state index contributed by atoms with van der Waals surface area (Å²) in [4.78, 5) is -0.0518. The van der Waals surface area contributed by atoms with Crippen LogP contribution in [0.5, 0.6) is 11.5 Å². The molecular formula is C15H13Cl2NO4S. The summed E-state index contributed by atoms with van der Waals surface area (Å²) < 4.78 is 37.6. The van der Waals surface area contributed by atoms with Gasteiger partial charge in [-0.2, -0.15) is 0 Å². The number of sulfonamides is 1. The van der Waals surface area contributed by atoms with Gasteiger partial charge in [-0.25, -0.2) is 8.42 Å². The second-order valence-electron chi connectivity index (χ2n) is 4.88. The highest BCUT2D eigenvalue weighted by Gasteiger charge is 2.25. The second-order valence-corrected chi connectivity index (χ2v) is 7.66. The predicted octanol–water partition coefficient (Wildman–Crippen LogP) is 3.59. The Morgan fingerprint density at radius 1 is 1.00 bits per heavy atom. The zero-order valence-corrected chi connectivity index (χ0v) is 14.5. The number of rotatable bonds is 3. The van der Waals surface area contributed by atoms with E-state index >= 15 is 0 Å². The molecule has 5 nitrogen and oxygen atoms in total. The Labute approximate surface area is 144 Å². The minimum Gasteiger partial charge on any atom is -0.486 e. The van der Waals surface area contributed by atoms with Crippen molar-refractivity contribution in [3.8, 4) is 11.5 Å². The molecule has 0 saturated carbocycles. The standard InChI is InChI=1S/C15H13Cl2NO4S/c1-18(11-3-5-13-14(9-11)22-7-6-21-13)23(19,20)15-8-10(16)2-4-12(15)17/h2-5,8-9H,6-7H2,1H3. The van der Waals surface area contributed by atoms with Gasteiger partial charge in [-0.3, -0.25) is 4.31 Å². The van der Waals surface area contributed by atoms with Crippen molar-refractivity contribution >= 4 is 38.9 Å². The Bertz CT molecular complexity index is 855. The maximum absolute atomic E-state index is 12.8. The third kappa shape index (κ3) is 3.06. The molecule has 1 heterocycles. The van der Waals surface area contributed by atoms with E-state index in [4.69, 9.17) is 32.7 Å². The molecule has 0 spiro atoms. The molecule has 122 valence electrons. The van der Waals surface area contributed by atoms with Crippen molar-refractivity contribution < 1.29 is 17.9 Å². The molecule has 0 atom stereocenters. The van der Waals surface area contributed by atoms with Crippen LogP contribution >= 0.6 is 23.2 Å². The fourth-order valence-corrected chi connectivity index (χ4v) is 4.11. The fourth-order valence-electron chi connectivity index (χ4n) is 2.19. The Morgan fingerprint density at radius 2 is 1.70 bits per heavy atom. The third-order valence-corrected chi connectivity index (χ3v) is 5.92. The number of anilines is 1. The molecule has 0 unspecified atom stereocenters. The van der Waals surface area contributed by atoms with Crippen LogP contribution in [-0.2, 0) is 10.0 Å². The summed E-state index contributed by atoms with van der Waals surface area (Å²) in [7, 11) is -2.41. The van der Waals surface area contributed by atoms with Gasteiger partial charge in [-0.05, 0) is 30.3 Å². The maximum Gasteiger partial charge on any atom is 0.265 e. The average molecular weight is 374 g/mol. The lowest BCUT2D eigenvalue weighted by Crippen LogP contribution is -2.27. The van der Waals surface area contributed by atoms with Crippen LogP contribution in [0.4, 0.5) is 5.69 Å². The molecule has 1 aliphatic heterocycles. The van der Waals surface area contributed by atoms with Gasteiger partial charge in [0.25, 0.3) is 10.0 Å². The van der Waals surface area contributed by atoms with E-state index in [1.165, 1.54) is 25.2 Å². The number of fused-ring (bicyclic) bond motifs is 1. The van der Waals surface area contributed by atoms with Crippen LogP contribution in [0.15, 0.2) is 41.3 Å². The van der Waals surface area contributed by atoms with Crippen molar-refractivity contribution in [2.24, 2.45) is 0 Å². The van der Waals surface area contributed by atoms with Gasteiger partial charge < -0.3 is 9.47 Å². The van der Waals surface area contributed by atoms with E-state index in [1.807, 2.05) is 0 Å². The van der Waals surface area contributed by atoms with E-state index in [0.29, 0.717) is 35.4 Å². The zero-order valence-electron chi connectivity index (χ0n) is 12.1. The van der Waals surface area contributed by atoms with Crippen LogP contribution in [0.25, 0.3) is 0 Å². The summed E-state index contributed by atoms with van der Waals surface area (Å²) in [6.07, 6.45) is 0. The van der Waals surface area contributed by atoms with Crippen molar-refractivity contribution in [2.75, 3.05) is 24.6 Å². The molecule has 2 aromatic carbocycles. The van der Waals surface area contributed by atoms with Gasteiger partial charge in [0.05, 0.1) is 10.7 Å². The second kappa shape index (κ2) is 6.11. The molecule has 23 heavy (non-hydrogen) atoms. The molecule has 3 rings (SSSR count). The van der Waals surface area contributed by atoms with Crippen molar-refractivity contribution in [3.05, 3.63) is 46.4 Å². The Hall–Kier alpha value is -1.63. The highest BCUT2D eigenvalue weighted by molar-refractivity contribution is 7.93. The summed E-state index contributed by atoms with van der Waals surface area (Å²) in [6, 6.07) is 9.25. The topological polar surface area (TPSA) is 55.8 Å². The van der Waals surface area contributed by atoms with E-state index in [9.17, 15) is 8.42 Å². The summed E-state index contributed by atoms with van der Waals surface area (Å²) in [6.45, 7) is 0.894. The smallest absolute Gasteiger partial charge is 0.265 e. The molecule has 0 N–H and O–H groups in total. The number of hydrogen-bond donors (Lipinski definition) is 0. The van der Waals surface area contributed by atoms with E-state index in [1.54, 1.807) is 18.2 Å². The van der Waals surface area contributed by atoms with Crippen molar-refractivity contribution in [1.29, 1.82) is 0 Å². The molecular weight excluding hydrogens is 361 g/mol. The highest BCUT2D eigenvalue weighted by Crippen LogP contribution is 2.36. The summed E-state index contributed by atoms with van der Waals surface area (Å²) >= 11 is 11.9. The van der Waals surface area contributed by atoms with Crippen molar-refractivity contribution in [3.63, 3.8) is 0 Å². The normalized spacial score (nSPS) is 13.7. The number of benzene rings is 2. The van der Waals surface area contributed by atoms with Gasteiger partial charge in [0, 0.05) is 18.1 Å². The van der Waals surface area contributed by atoms with Crippen LogP contribution in [-0.4, -0.2) is 28.7 Å². The van der Waals surface area contributed by atoms with Gasteiger partial charge in [0.1, 0.15) is 18.1 Å². The lowest BCUT2D eigenvalue weighted by Gasteiger charge is -2.23. The van der Waals surface area contributed by atoms with E-state index in [0.717, 1.165) is 4.31 Å². The first-order valence-corrected chi connectivity index (χ1v) is 8.93. The molecule has 0 saturated heterocycles. The average Bonchev–Trinajstić information content (AvgIpc) is 2.55. The van der Waals surface area contributed by atoms with Gasteiger partial charge in [0.2, 0.25) is 0 Å². The Morgan fingerprint density at radius 3 is 2.43 bits per heavy atom. The summed E-state index contributed by atoms with van der Waals surface area (Å²) in [5.74, 6) is 1.10. The van der Waals surface area contributed by atoms with Crippen LogP contribution in [0, 0.1) is 0 Å². The molecule has 0 amide bonds. The molecule has 2 aromatic rings. The number of halogens is 2. The van der Waals surface area contributed by atoms with Crippen LogP contribution < -0.4 is 13.8 Å². The molecule has 0 bridgehead atoms. The van der Waals surface area contributed by atoms with Gasteiger partial charge in [0.15, 0.2) is 11.5 Å².